The van der Waals surface area contributed by atoms with Gasteiger partial charge in [0.25, 0.3) is 0 Å². The smallest absolute Gasteiger partial charge is 0.333 e. The molecular formula is C13H18O5. The molecule has 0 saturated carbocycles. The highest BCUT2D eigenvalue weighted by atomic mass is 16.8. The Hall–Kier alpha value is -1.20. The van der Waals surface area contributed by atoms with Crippen LogP contribution in [0.3, 0.4) is 0 Å². The van der Waals surface area contributed by atoms with Crippen LogP contribution in [0.25, 0.3) is 0 Å². The van der Waals surface area contributed by atoms with Gasteiger partial charge in [-0.15, -0.1) is 0 Å². The molecule has 1 fully saturated rings. The van der Waals surface area contributed by atoms with Crippen LogP contribution in [0.15, 0.2) is 11.6 Å². The number of methoxy groups -OCH3 is 1. The molecule has 0 aromatic rings. The van der Waals surface area contributed by atoms with E-state index in [1.165, 1.54) is 13.2 Å². The van der Waals surface area contributed by atoms with Gasteiger partial charge in [0, 0.05) is 12.0 Å². The third-order valence-electron chi connectivity index (χ3n) is 3.59. The molecule has 1 aliphatic heterocycles. The van der Waals surface area contributed by atoms with Crippen molar-refractivity contribution in [1.29, 1.82) is 0 Å². The van der Waals surface area contributed by atoms with Gasteiger partial charge < -0.3 is 14.2 Å². The first-order valence-electron chi connectivity index (χ1n) is 6.23. The quantitative estimate of drug-likeness (QED) is 0.712. The van der Waals surface area contributed by atoms with E-state index in [1.807, 2.05) is 13.8 Å². The standard InChI is InChI=1S/C13H18O5/c1-4-13(5-2)17-10-7-8(12(15)16-3)6-9(14)11(10)18-13/h6,10-11H,4-5,7H2,1-3H3/t10-,11+/m1/s1. The van der Waals surface area contributed by atoms with Crippen molar-refractivity contribution in [2.45, 2.75) is 51.1 Å². The van der Waals surface area contributed by atoms with E-state index < -0.39 is 17.9 Å². The molecule has 2 atom stereocenters. The number of ether oxygens (including phenoxy) is 3. The van der Waals surface area contributed by atoms with Gasteiger partial charge in [0.1, 0.15) is 6.10 Å². The first kappa shape index (κ1) is 13.2. The summed E-state index contributed by atoms with van der Waals surface area (Å²) in [6, 6.07) is 0. The lowest BCUT2D eigenvalue weighted by molar-refractivity contribution is -0.179. The summed E-state index contributed by atoms with van der Waals surface area (Å²) in [7, 11) is 1.30. The second-order valence-corrected chi connectivity index (χ2v) is 4.58. The molecule has 1 saturated heterocycles. The summed E-state index contributed by atoms with van der Waals surface area (Å²) in [4.78, 5) is 23.4. The fourth-order valence-corrected chi connectivity index (χ4v) is 2.45. The van der Waals surface area contributed by atoms with Crippen LogP contribution in [0.1, 0.15) is 33.1 Å². The van der Waals surface area contributed by atoms with Crippen LogP contribution in [-0.4, -0.2) is 36.9 Å². The molecule has 1 aliphatic carbocycles. The Balaban J connectivity index is 2.19. The van der Waals surface area contributed by atoms with Crippen molar-refractivity contribution in [1.82, 2.24) is 0 Å². The predicted molar refractivity (Wildman–Crippen MR) is 62.8 cm³/mol. The van der Waals surface area contributed by atoms with Crippen LogP contribution in [0.5, 0.6) is 0 Å². The lowest BCUT2D eigenvalue weighted by atomic mass is 9.93. The molecule has 0 N–H and O–H groups in total. The van der Waals surface area contributed by atoms with Gasteiger partial charge in [-0.3, -0.25) is 4.79 Å². The molecule has 0 amide bonds. The van der Waals surface area contributed by atoms with E-state index >= 15 is 0 Å². The van der Waals surface area contributed by atoms with Gasteiger partial charge in [0.2, 0.25) is 0 Å². The maximum absolute atomic E-state index is 11.9. The van der Waals surface area contributed by atoms with Crippen molar-refractivity contribution in [3.8, 4) is 0 Å². The number of hydrogen-bond donors (Lipinski definition) is 0. The van der Waals surface area contributed by atoms with E-state index in [4.69, 9.17) is 9.47 Å². The van der Waals surface area contributed by atoms with E-state index in [9.17, 15) is 9.59 Å². The molecule has 18 heavy (non-hydrogen) atoms. The van der Waals surface area contributed by atoms with Crippen molar-refractivity contribution >= 4 is 11.8 Å². The number of esters is 1. The van der Waals surface area contributed by atoms with E-state index in [2.05, 4.69) is 4.74 Å². The van der Waals surface area contributed by atoms with Crippen molar-refractivity contribution in [3.05, 3.63) is 11.6 Å². The predicted octanol–water partition coefficient (Wildman–Crippen LogP) is 1.36. The Kier molecular flexibility index (Phi) is 3.54. The van der Waals surface area contributed by atoms with Crippen LogP contribution in [0.4, 0.5) is 0 Å². The summed E-state index contributed by atoms with van der Waals surface area (Å²) in [5.74, 6) is -1.38. The van der Waals surface area contributed by atoms with Gasteiger partial charge in [-0.1, -0.05) is 13.8 Å². The first-order chi connectivity index (χ1) is 8.55. The van der Waals surface area contributed by atoms with Gasteiger partial charge >= 0.3 is 5.97 Å². The van der Waals surface area contributed by atoms with E-state index in [0.29, 0.717) is 24.8 Å². The largest absolute Gasteiger partial charge is 0.466 e. The van der Waals surface area contributed by atoms with Gasteiger partial charge in [-0.05, 0) is 18.9 Å². The maximum Gasteiger partial charge on any atom is 0.333 e. The summed E-state index contributed by atoms with van der Waals surface area (Å²) < 4.78 is 16.2. The Morgan fingerprint density at radius 1 is 1.44 bits per heavy atom. The van der Waals surface area contributed by atoms with Crippen LogP contribution in [0, 0.1) is 0 Å². The van der Waals surface area contributed by atoms with Crippen molar-refractivity contribution < 1.29 is 23.8 Å². The fraction of sp³-hybridized carbons (Fsp3) is 0.692. The number of carbonyl (C=O) groups is 2. The molecule has 0 aromatic carbocycles. The molecule has 5 heteroatoms. The Bertz CT molecular complexity index is 394. The molecule has 2 rings (SSSR count). The zero-order valence-electron chi connectivity index (χ0n) is 10.9. The summed E-state index contributed by atoms with van der Waals surface area (Å²) >= 11 is 0. The van der Waals surface area contributed by atoms with Gasteiger partial charge in [-0.25, -0.2) is 4.79 Å². The monoisotopic (exact) mass is 254 g/mol. The van der Waals surface area contributed by atoms with Gasteiger partial charge in [0.05, 0.1) is 13.2 Å². The average Bonchev–Trinajstić information content (AvgIpc) is 2.78. The van der Waals surface area contributed by atoms with Crippen LogP contribution < -0.4 is 0 Å². The van der Waals surface area contributed by atoms with Crippen molar-refractivity contribution in [2.75, 3.05) is 7.11 Å². The van der Waals surface area contributed by atoms with Gasteiger partial charge in [-0.2, -0.15) is 0 Å². The van der Waals surface area contributed by atoms with Crippen LogP contribution >= 0.6 is 0 Å². The molecule has 0 unspecified atom stereocenters. The van der Waals surface area contributed by atoms with Gasteiger partial charge in [0.15, 0.2) is 11.6 Å². The van der Waals surface area contributed by atoms with E-state index in [0.717, 1.165) is 0 Å². The molecule has 0 spiro atoms. The minimum absolute atomic E-state index is 0.213. The Labute approximate surface area is 106 Å². The third kappa shape index (κ3) is 2.08. The number of carbonyl (C=O) groups excluding carboxylic acids is 2. The minimum atomic E-state index is -0.690. The lowest BCUT2D eigenvalue weighted by Crippen LogP contribution is -2.35. The zero-order valence-corrected chi connectivity index (χ0v) is 10.9. The number of hydrogen-bond acceptors (Lipinski definition) is 5. The molecule has 5 nitrogen and oxygen atoms in total. The number of ketones is 1. The van der Waals surface area contributed by atoms with E-state index in [1.54, 1.807) is 0 Å². The highest BCUT2D eigenvalue weighted by Crippen LogP contribution is 2.39. The average molecular weight is 254 g/mol. The topological polar surface area (TPSA) is 61.8 Å². The molecular weight excluding hydrogens is 236 g/mol. The number of rotatable bonds is 3. The third-order valence-corrected chi connectivity index (χ3v) is 3.59. The molecule has 0 bridgehead atoms. The molecule has 0 radical (unpaired) electrons. The summed E-state index contributed by atoms with van der Waals surface area (Å²) in [6.45, 7) is 3.92. The highest BCUT2D eigenvalue weighted by Gasteiger charge is 2.50. The molecule has 1 heterocycles. The Morgan fingerprint density at radius 3 is 2.67 bits per heavy atom. The maximum atomic E-state index is 11.9. The van der Waals surface area contributed by atoms with Crippen molar-refractivity contribution in [3.63, 3.8) is 0 Å². The summed E-state index contributed by atoms with van der Waals surface area (Å²) in [5, 5.41) is 0. The number of fused-ring (bicyclic) bond motifs is 1. The Morgan fingerprint density at radius 2 is 2.11 bits per heavy atom. The fourth-order valence-electron chi connectivity index (χ4n) is 2.45. The van der Waals surface area contributed by atoms with Crippen molar-refractivity contribution in [2.24, 2.45) is 0 Å². The highest BCUT2D eigenvalue weighted by molar-refractivity contribution is 6.03. The normalized spacial score (nSPS) is 29.7. The van der Waals surface area contributed by atoms with Crippen LogP contribution in [-0.2, 0) is 23.8 Å². The second kappa shape index (κ2) is 4.82. The molecule has 2 aliphatic rings. The second-order valence-electron chi connectivity index (χ2n) is 4.58. The molecule has 100 valence electrons. The minimum Gasteiger partial charge on any atom is -0.466 e. The van der Waals surface area contributed by atoms with E-state index in [-0.39, 0.29) is 11.9 Å². The SMILES string of the molecule is CCC1(CC)O[C@@H]2CC(C(=O)OC)=CC(=O)[C@@H]2O1. The summed E-state index contributed by atoms with van der Waals surface area (Å²) in [5.41, 5.74) is 0.357. The lowest BCUT2D eigenvalue weighted by Gasteiger charge is -2.24. The molecule has 0 aromatic heterocycles. The van der Waals surface area contributed by atoms with Crippen LogP contribution in [0.2, 0.25) is 0 Å². The summed E-state index contributed by atoms with van der Waals surface area (Å²) in [6.07, 6.45) is 2.08. The first-order valence-corrected chi connectivity index (χ1v) is 6.23. The zero-order chi connectivity index (χ0) is 13.3.